The molecular weight excluding hydrogens is 386 g/mol. The van der Waals surface area contributed by atoms with Crippen molar-refractivity contribution in [3.8, 4) is 0 Å². The summed E-state index contributed by atoms with van der Waals surface area (Å²) >= 11 is 0. The molecule has 1 saturated carbocycles. The normalized spacial score (nSPS) is 17.9. The number of rotatable bonds is 5. The number of esters is 1. The van der Waals surface area contributed by atoms with Crippen LogP contribution in [-0.4, -0.2) is 59.3 Å². The Hall–Kier alpha value is -3.19. The van der Waals surface area contributed by atoms with Crippen LogP contribution in [0.25, 0.3) is 0 Å². The zero-order valence-electron chi connectivity index (χ0n) is 17.1. The molecule has 2 aromatic rings. The Morgan fingerprint density at radius 1 is 0.867 bits per heavy atom. The standard InChI is InChI=1S/C21H25NO2.C2H2O4/c1-22(2)18-14-9-15-19(18)24-21(23)20(16-10-5-3-6-11-16)17-12-7-4-8-13-17;3-1(4)2(5)6/h3-8,10-13,18-20H,9,14-15H2,1-2H3;(H,3,4)(H,5,6)/t18-,19+;/m1./s1. The first-order chi connectivity index (χ1) is 14.3. The summed E-state index contributed by atoms with van der Waals surface area (Å²) in [5, 5.41) is 14.8. The van der Waals surface area contributed by atoms with Crippen LogP contribution in [0.5, 0.6) is 0 Å². The zero-order chi connectivity index (χ0) is 22.1. The number of hydrogen-bond acceptors (Lipinski definition) is 5. The first-order valence-electron chi connectivity index (χ1n) is 9.74. The van der Waals surface area contributed by atoms with Gasteiger partial charge in [0.05, 0.1) is 0 Å². The Kier molecular flexibility index (Phi) is 8.55. The van der Waals surface area contributed by atoms with Gasteiger partial charge in [0.1, 0.15) is 12.0 Å². The van der Waals surface area contributed by atoms with Gasteiger partial charge in [-0.1, -0.05) is 60.7 Å². The van der Waals surface area contributed by atoms with Crippen LogP contribution in [0.4, 0.5) is 0 Å². The molecule has 1 aliphatic rings. The molecule has 1 aliphatic carbocycles. The number of aliphatic carboxylic acids is 2. The highest BCUT2D eigenvalue weighted by Gasteiger charge is 2.34. The van der Waals surface area contributed by atoms with Crippen molar-refractivity contribution in [3.05, 3.63) is 71.8 Å². The van der Waals surface area contributed by atoms with Gasteiger partial charge in [-0.2, -0.15) is 0 Å². The van der Waals surface area contributed by atoms with Gasteiger partial charge in [0, 0.05) is 6.04 Å². The summed E-state index contributed by atoms with van der Waals surface area (Å²) in [4.78, 5) is 33.4. The second kappa shape index (κ2) is 11.1. The first-order valence-corrected chi connectivity index (χ1v) is 9.74. The number of nitrogens with zero attached hydrogens (tertiary/aromatic N) is 1. The highest BCUT2D eigenvalue weighted by molar-refractivity contribution is 6.27. The molecule has 7 heteroatoms. The highest BCUT2D eigenvalue weighted by Crippen LogP contribution is 2.30. The number of likely N-dealkylation sites (N-methyl/N-ethyl adjacent to an activating group) is 1. The van der Waals surface area contributed by atoms with Crippen molar-refractivity contribution in [2.24, 2.45) is 0 Å². The molecular formula is C23H27NO6. The lowest BCUT2D eigenvalue weighted by Crippen LogP contribution is -2.38. The average molecular weight is 413 g/mol. The Morgan fingerprint density at radius 2 is 1.33 bits per heavy atom. The number of carboxylic acid groups (broad SMARTS) is 2. The molecule has 2 aromatic carbocycles. The first kappa shape index (κ1) is 23.1. The van der Waals surface area contributed by atoms with E-state index in [0.29, 0.717) is 6.04 Å². The molecule has 0 aliphatic heterocycles. The molecule has 0 amide bonds. The van der Waals surface area contributed by atoms with Crippen molar-refractivity contribution in [1.29, 1.82) is 0 Å². The van der Waals surface area contributed by atoms with Gasteiger partial charge in [0.2, 0.25) is 0 Å². The molecule has 160 valence electrons. The van der Waals surface area contributed by atoms with E-state index in [4.69, 9.17) is 24.5 Å². The molecule has 0 radical (unpaired) electrons. The molecule has 2 N–H and O–H groups in total. The second-order valence-corrected chi connectivity index (χ2v) is 7.30. The average Bonchev–Trinajstić information content (AvgIpc) is 3.18. The van der Waals surface area contributed by atoms with Gasteiger partial charge < -0.3 is 19.8 Å². The summed E-state index contributed by atoms with van der Waals surface area (Å²) in [5.41, 5.74) is 1.96. The number of ether oxygens (including phenoxy) is 1. The van der Waals surface area contributed by atoms with Crippen molar-refractivity contribution < 1.29 is 29.3 Å². The van der Waals surface area contributed by atoms with Crippen LogP contribution in [0.15, 0.2) is 60.7 Å². The van der Waals surface area contributed by atoms with Crippen LogP contribution >= 0.6 is 0 Å². The van der Waals surface area contributed by atoms with E-state index < -0.39 is 11.9 Å². The predicted octanol–water partition coefficient (Wildman–Crippen LogP) is 3.00. The molecule has 0 saturated heterocycles. The SMILES string of the molecule is CN(C)[C@@H]1CCC[C@@H]1OC(=O)C(c1ccccc1)c1ccccc1.O=C(O)C(=O)O. The molecule has 1 fully saturated rings. The van der Waals surface area contributed by atoms with Crippen molar-refractivity contribution in [3.63, 3.8) is 0 Å². The molecule has 0 unspecified atom stereocenters. The lowest BCUT2D eigenvalue weighted by atomic mass is 9.91. The maximum absolute atomic E-state index is 13.0. The van der Waals surface area contributed by atoms with Crippen LogP contribution in [0.2, 0.25) is 0 Å². The summed E-state index contributed by atoms with van der Waals surface area (Å²) in [5.74, 6) is -4.16. The number of hydrogen-bond donors (Lipinski definition) is 2. The van der Waals surface area contributed by atoms with E-state index in [0.717, 1.165) is 30.4 Å². The predicted molar refractivity (Wildman–Crippen MR) is 111 cm³/mol. The van der Waals surface area contributed by atoms with Crippen molar-refractivity contribution in [2.45, 2.75) is 37.3 Å². The van der Waals surface area contributed by atoms with Crippen LogP contribution in [0.3, 0.4) is 0 Å². The highest BCUT2D eigenvalue weighted by atomic mass is 16.5. The van der Waals surface area contributed by atoms with Crippen LogP contribution < -0.4 is 0 Å². The van der Waals surface area contributed by atoms with Gasteiger partial charge in [-0.05, 0) is 44.5 Å². The fourth-order valence-electron chi connectivity index (χ4n) is 3.61. The lowest BCUT2D eigenvalue weighted by molar-refractivity contribution is -0.159. The van der Waals surface area contributed by atoms with Gasteiger partial charge in [-0.15, -0.1) is 0 Å². The molecule has 30 heavy (non-hydrogen) atoms. The third-order valence-corrected chi connectivity index (χ3v) is 5.03. The summed E-state index contributed by atoms with van der Waals surface area (Å²) < 4.78 is 5.98. The van der Waals surface area contributed by atoms with E-state index in [-0.39, 0.29) is 18.0 Å². The maximum atomic E-state index is 13.0. The monoisotopic (exact) mass is 413 g/mol. The molecule has 0 heterocycles. The minimum Gasteiger partial charge on any atom is -0.473 e. The van der Waals surface area contributed by atoms with E-state index in [1.807, 2.05) is 60.7 Å². The van der Waals surface area contributed by atoms with Crippen molar-refractivity contribution >= 4 is 17.9 Å². The fraction of sp³-hybridized carbons (Fsp3) is 0.348. The Balaban J connectivity index is 0.000000469. The van der Waals surface area contributed by atoms with Crippen molar-refractivity contribution in [1.82, 2.24) is 4.90 Å². The number of carboxylic acids is 2. The Bertz CT molecular complexity index is 786. The van der Waals surface area contributed by atoms with Crippen LogP contribution in [0, 0.1) is 0 Å². The topological polar surface area (TPSA) is 104 Å². The maximum Gasteiger partial charge on any atom is 0.414 e. The van der Waals surface area contributed by atoms with E-state index in [9.17, 15) is 4.79 Å². The fourth-order valence-corrected chi connectivity index (χ4v) is 3.61. The second-order valence-electron chi connectivity index (χ2n) is 7.30. The third-order valence-electron chi connectivity index (χ3n) is 5.03. The summed E-state index contributed by atoms with van der Waals surface area (Å²) in [6.45, 7) is 0. The van der Waals surface area contributed by atoms with Crippen molar-refractivity contribution in [2.75, 3.05) is 14.1 Å². The van der Waals surface area contributed by atoms with Gasteiger partial charge in [-0.3, -0.25) is 4.79 Å². The van der Waals surface area contributed by atoms with Gasteiger partial charge in [0.25, 0.3) is 0 Å². The van der Waals surface area contributed by atoms with Crippen LogP contribution in [-0.2, 0) is 19.1 Å². The minimum atomic E-state index is -1.82. The van der Waals surface area contributed by atoms with E-state index >= 15 is 0 Å². The summed E-state index contributed by atoms with van der Waals surface area (Å²) in [6, 6.07) is 20.1. The lowest BCUT2D eigenvalue weighted by Gasteiger charge is -2.27. The van der Waals surface area contributed by atoms with E-state index in [1.54, 1.807) is 0 Å². The number of carbonyl (C=O) groups excluding carboxylic acids is 1. The van der Waals surface area contributed by atoms with Gasteiger partial charge in [-0.25, -0.2) is 9.59 Å². The quantitative estimate of drug-likeness (QED) is 0.573. The minimum absolute atomic E-state index is 0.0116. The van der Waals surface area contributed by atoms with Gasteiger partial charge in [0.15, 0.2) is 0 Å². The van der Waals surface area contributed by atoms with E-state index in [1.165, 1.54) is 0 Å². The van der Waals surface area contributed by atoms with Gasteiger partial charge >= 0.3 is 17.9 Å². The molecule has 2 atom stereocenters. The molecule has 0 bridgehead atoms. The number of benzene rings is 2. The third kappa shape index (κ3) is 6.42. The molecule has 0 spiro atoms. The Labute approximate surface area is 175 Å². The van der Waals surface area contributed by atoms with E-state index in [2.05, 4.69) is 19.0 Å². The summed E-state index contributed by atoms with van der Waals surface area (Å²) in [6.07, 6.45) is 3.14. The zero-order valence-corrected chi connectivity index (χ0v) is 17.1. The smallest absolute Gasteiger partial charge is 0.414 e. The molecule has 7 nitrogen and oxygen atoms in total. The number of carbonyl (C=O) groups is 3. The van der Waals surface area contributed by atoms with Crippen LogP contribution in [0.1, 0.15) is 36.3 Å². The molecule has 0 aromatic heterocycles. The Morgan fingerprint density at radius 3 is 1.73 bits per heavy atom. The largest absolute Gasteiger partial charge is 0.473 e. The summed E-state index contributed by atoms with van der Waals surface area (Å²) in [7, 11) is 4.12. The molecule has 3 rings (SSSR count).